The first kappa shape index (κ1) is 21.3. The van der Waals surface area contributed by atoms with Gasteiger partial charge >= 0.3 is 0 Å². The number of aromatic nitrogens is 1. The maximum Gasteiger partial charge on any atom is 0.228 e. The second-order valence-electron chi connectivity index (χ2n) is 9.04. The largest absolute Gasteiger partial charge is 0.341 e. The number of hydrogen-bond donors (Lipinski definition) is 0. The van der Waals surface area contributed by atoms with Gasteiger partial charge < -0.3 is 14.7 Å². The number of carbonyl (C=O) groups is 3. The van der Waals surface area contributed by atoms with Crippen molar-refractivity contribution in [3.05, 3.63) is 30.1 Å². The fourth-order valence-electron chi connectivity index (χ4n) is 4.04. The van der Waals surface area contributed by atoms with Crippen LogP contribution in [-0.4, -0.2) is 76.7 Å². The Bertz CT molecular complexity index is 736. The van der Waals surface area contributed by atoms with E-state index in [1.807, 2.05) is 53.7 Å². The smallest absolute Gasteiger partial charge is 0.228 e. The lowest BCUT2D eigenvalue weighted by atomic mass is 9.90. The molecule has 0 aliphatic carbocycles. The van der Waals surface area contributed by atoms with Crippen molar-refractivity contribution < 1.29 is 14.4 Å². The summed E-state index contributed by atoms with van der Waals surface area (Å²) in [5.74, 6) is 0.148. The third-order valence-corrected chi connectivity index (χ3v) is 5.70. The molecular weight excluding hydrogens is 368 g/mol. The molecule has 1 atom stereocenters. The molecule has 2 aliphatic rings. The highest BCUT2D eigenvalue weighted by Crippen LogP contribution is 2.25. The fourth-order valence-corrected chi connectivity index (χ4v) is 4.04. The number of carbonyl (C=O) groups excluding carboxylic acids is 3. The van der Waals surface area contributed by atoms with Gasteiger partial charge in [0.05, 0.1) is 12.3 Å². The average molecular weight is 401 g/mol. The molecule has 1 unspecified atom stereocenters. The molecule has 2 fully saturated rings. The van der Waals surface area contributed by atoms with Crippen molar-refractivity contribution in [1.29, 1.82) is 0 Å². The van der Waals surface area contributed by atoms with E-state index in [2.05, 4.69) is 4.98 Å². The summed E-state index contributed by atoms with van der Waals surface area (Å²) < 4.78 is 0. The third-order valence-electron chi connectivity index (χ3n) is 5.70. The molecule has 0 N–H and O–H groups in total. The topological polar surface area (TPSA) is 73.8 Å². The first-order chi connectivity index (χ1) is 13.8. The van der Waals surface area contributed by atoms with Gasteiger partial charge in [0.25, 0.3) is 0 Å². The van der Waals surface area contributed by atoms with E-state index < -0.39 is 5.41 Å². The third kappa shape index (κ3) is 5.34. The number of rotatable bonds is 3. The predicted molar refractivity (Wildman–Crippen MR) is 110 cm³/mol. The van der Waals surface area contributed by atoms with E-state index in [-0.39, 0.29) is 23.6 Å². The Morgan fingerprint density at radius 2 is 1.69 bits per heavy atom. The first-order valence-corrected chi connectivity index (χ1v) is 10.5. The van der Waals surface area contributed by atoms with Gasteiger partial charge in [-0.05, 0) is 25.0 Å². The predicted octanol–water partition coefficient (Wildman–Crippen LogP) is 1.58. The summed E-state index contributed by atoms with van der Waals surface area (Å²) in [5.41, 5.74) is 0.340. The van der Waals surface area contributed by atoms with Crippen LogP contribution in [0.3, 0.4) is 0 Å². The highest BCUT2D eigenvalue weighted by atomic mass is 16.2. The summed E-state index contributed by atoms with van der Waals surface area (Å²) in [6.45, 7) is 9.20. The van der Waals surface area contributed by atoms with Crippen LogP contribution in [0.5, 0.6) is 0 Å². The summed E-state index contributed by atoms with van der Waals surface area (Å²) >= 11 is 0. The van der Waals surface area contributed by atoms with Gasteiger partial charge in [0, 0.05) is 56.6 Å². The molecule has 0 bridgehead atoms. The average Bonchev–Trinajstić information content (AvgIpc) is 2.73. The van der Waals surface area contributed by atoms with Crippen LogP contribution in [0.1, 0.15) is 39.3 Å². The molecular formula is C22H32N4O3. The van der Waals surface area contributed by atoms with Crippen molar-refractivity contribution in [3.8, 4) is 0 Å². The second-order valence-corrected chi connectivity index (χ2v) is 9.04. The van der Waals surface area contributed by atoms with Crippen LogP contribution in [-0.2, 0) is 20.8 Å². The zero-order chi connectivity index (χ0) is 21.0. The molecule has 158 valence electrons. The highest BCUT2D eigenvalue weighted by Gasteiger charge is 2.36. The Hall–Kier alpha value is -2.44. The molecule has 1 aromatic rings. The molecule has 29 heavy (non-hydrogen) atoms. The quantitative estimate of drug-likeness (QED) is 0.772. The van der Waals surface area contributed by atoms with E-state index in [1.54, 1.807) is 6.20 Å². The molecule has 3 amide bonds. The Morgan fingerprint density at radius 1 is 1.00 bits per heavy atom. The minimum Gasteiger partial charge on any atom is -0.341 e. The van der Waals surface area contributed by atoms with Gasteiger partial charge in [0.2, 0.25) is 17.7 Å². The monoisotopic (exact) mass is 400 g/mol. The standard InChI is InChI=1S/C22H32N4O3/c1-22(2,3)21(29)26-10-6-7-17(16-26)20(28)25-13-11-24(12-14-25)19(27)15-18-8-4-5-9-23-18/h4-5,8-9,17H,6-7,10-16H2,1-3H3. The van der Waals surface area contributed by atoms with E-state index in [9.17, 15) is 14.4 Å². The minimum absolute atomic E-state index is 0.0513. The van der Waals surface area contributed by atoms with Crippen molar-refractivity contribution in [2.75, 3.05) is 39.3 Å². The van der Waals surface area contributed by atoms with Crippen LogP contribution in [0.25, 0.3) is 0 Å². The van der Waals surface area contributed by atoms with E-state index in [1.165, 1.54) is 0 Å². The SMILES string of the molecule is CC(C)(C)C(=O)N1CCCC(C(=O)N2CCN(C(=O)Cc3ccccn3)CC2)C1. The highest BCUT2D eigenvalue weighted by molar-refractivity contribution is 5.84. The van der Waals surface area contributed by atoms with Crippen LogP contribution in [0.15, 0.2) is 24.4 Å². The molecule has 0 aromatic carbocycles. The summed E-state index contributed by atoms with van der Waals surface area (Å²) in [6, 6.07) is 5.56. The van der Waals surface area contributed by atoms with Gasteiger partial charge in [-0.15, -0.1) is 0 Å². The maximum absolute atomic E-state index is 13.0. The zero-order valence-corrected chi connectivity index (χ0v) is 17.8. The van der Waals surface area contributed by atoms with Crippen molar-refractivity contribution in [3.63, 3.8) is 0 Å². The van der Waals surface area contributed by atoms with Crippen LogP contribution in [0.4, 0.5) is 0 Å². The number of nitrogens with zero attached hydrogens (tertiary/aromatic N) is 4. The zero-order valence-electron chi connectivity index (χ0n) is 17.8. The summed E-state index contributed by atoms with van der Waals surface area (Å²) in [5, 5.41) is 0. The van der Waals surface area contributed by atoms with Gasteiger partial charge in [-0.2, -0.15) is 0 Å². The van der Waals surface area contributed by atoms with Gasteiger partial charge in [-0.1, -0.05) is 26.8 Å². The second kappa shape index (κ2) is 8.93. The lowest BCUT2D eigenvalue weighted by Crippen LogP contribution is -2.54. The summed E-state index contributed by atoms with van der Waals surface area (Å²) in [7, 11) is 0. The molecule has 0 spiro atoms. The van der Waals surface area contributed by atoms with Crippen molar-refractivity contribution in [2.45, 2.75) is 40.0 Å². The van der Waals surface area contributed by atoms with Crippen LogP contribution in [0.2, 0.25) is 0 Å². The summed E-state index contributed by atoms with van der Waals surface area (Å²) in [4.78, 5) is 47.8. The molecule has 3 rings (SSSR count). The van der Waals surface area contributed by atoms with E-state index >= 15 is 0 Å². The maximum atomic E-state index is 13.0. The van der Waals surface area contributed by atoms with Crippen LogP contribution < -0.4 is 0 Å². The molecule has 7 nitrogen and oxygen atoms in total. The minimum atomic E-state index is -0.426. The number of pyridine rings is 1. The normalized spacial score (nSPS) is 20.5. The molecule has 3 heterocycles. The lowest BCUT2D eigenvalue weighted by Gasteiger charge is -2.40. The molecule has 2 aliphatic heterocycles. The lowest BCUT2D eigenvalue weighted by molar-refractivity contribution is -0.147. The van der Waals surface area contributed by atoms with E-state index in [0.717, 1.165) is 25.1 Å². The first-order valence-electron chi connectivity index (χ1n) is 10.5. The van der Waals surface area contributed by atoms with Gasteiger partial charge in [-0.25, -0.2) is 0 Å². The molecule has 0 saturated carbocycles. The summed E-state index contributed by atoms with van der Waals surface area (Å²) in [6.07, 6.45) is 3.67. The number of piperazine rings is 1. The Balaban J connectivity index is 1.50. The Labute approximate surface area is 173 Å². The Morgan fingerprint density at radius 3 is 2.31 bits per heavy atom. The van der Waals surface area contributed by atoms with Crippen molar-refractivity contribution in [2.24, 2.45) is 11.3 Å². The molecule has 7 heteroatoms. The molecule has 0 radical (unpaired) electrons. The van der Waals surface area contributed by atoms with Gasteiger partial charge in [0.15, 0.2) is 0 Å². The van der Waals surface area contributed by atoms with Gasteiger partial charge in [0.1, 0.15) is 0 Å². The fraction of sp³-hybridized carbons (Fsp3) is 0.636. The van der Waals surface area contributed by atoms with E-state index in [4.69, 9.17) is 0 Å². The van der Waals surface area contributed by atoms with Gasteiger partial charge in [-0.3, -0.25) is 19.4 Å². The van der Waals surface area contributed by atoms with Crippen LogP contribution >= 0.6 is 0 Å². The molecule has 1 aromatic heterocycles. The van der Waals surface area contributed by atoms with E-state index in [0.29, 0.717) is 39.1 Å². The number of likely N-dealkylation sites (tertiary alicyclic amines) is 1. The number of hydrogen-bond acceptors (Lipinski definition) is 4. The Kier molecular flexibility index (Phi) is 6.55. The van der Waals surface area contributed by atoms with Crippen LogP contribution in [0, 0.1) is 11.3 Å². The molecule has 2 saturated heterocycles. The number of piperidine rings is 1. The van der Waals surface area contributed by atoms with Crippen molar-refractivity contribution in [1.82, 2.24) is 19.7 Å². The van der Waals surface area contributed by atoms with Crippen molar-refractivity contribution >= 4 is 17.7 Å². The number of amides is 3.